The number of aromatic nitrogens is 1. The van der Waals surface area contributed by atoms with Gasteiger partial charge in [0, 0.05) is 42.2 Å². The van der Waals surface area contributed by atoms with Gasteiger partial charge in [0.1, 0.15) is 11.6 Å². The fraction of sp³-hybridized carbons (Fsp3) is 0.250. The lowest BCUT2D eigenvalue weighted by molar-refractivity contribution is -0.116. The minimum absolute atomic E-state index is 0.0580. The molecule has 0 bridgehead atoms. The minimum Gasteiger partial charge on any atom is -0.511 e. The van der Waals surface area contributed by atoms with E-state index >= 15 is 0 Å². The standard InChI is InChI=1S/C24H23FN2O2/c1-15-19(20-4-2-3-5-22(20)27-15)10-11-26-14-21-23(28)12-17(13-24(21)29)16-6-8-18(25)9-7-16/h2-9,14,17,27-28H,10-13H2,1H3. The van der Waals surface area contributed by atoms with E-state index < -0.39 is 0 Å². The maximum Gasteiger partial charge on any atom is 0.168 e. The topological polar surface area (TPSA) is 65.4 Å². The molecule has 2 N–H and O–H groups in total. The Balaban J connectivity index is 1.44. The number of fused-ring (bicyclic) bond motifs is 1. The number of carbonyl (C=O) groups is 1. The number of ketones is 1. The molecule has 1 aromatic heterocycles. The summed E-state index contributed by atoms with van der Waals surface area (Å²) in [6.45, 7) is 2.59. The van der Waals surface area contributed by atoms with Crippen LogP contribution < -0.4 is 0 Å². The van der Waals surface area contributed by atoms with Gasteiger partial charge in [0.05, 0.1) is 5.57 Å². The first kappa shape index (κ1) is 19.1. The van der Waals surface area contributed by atoms with Crippen molar-refractivity contribution in [3.8, 4) is 0 Å². The van der Waals surface area contributed by atoms with Crippen molar-refractivity contribution in [2.24, 2.45) is 4.99 Å². The zero-order valence-electron chi connectivity index (χ0n) is 16.3. The average molecular weight is 390 g/mol. The van der Waals surface area contributed by atoms with Crippen LogP contribution in [-0.2, 0) is 11.2 Å². The number of nitrogens with zero attached hydrogens (tertiary/aromatic N) is 1. The van der Waals surface area contributed by atoms with Gasteiger partial charge >= 0.3 is 0 Å². The van der Waals surface area contributed by atoms with Gasteiger partial charge in [-0.1, -0.05) is 30.3 Å². The Bertz CT molecular complexity index is 1110. The van der Waals surface area contributed by atoms with E-state index in [2.05, 4.69) is 22.1 Å². The van der Waals surface area contributed by atoms with Crippen LogP contribution in [0.15, 0.2) is 64.9 Å². The Labute approximate surface area is 168 Å². The largest absolute Gasteiger partial charge is 0.511 e. The van der Waals surface area contributed by atoms with E-state index in [1.54, 1.807) is 12.1 Å². The second kappa shape index (κ2) is 8.03. The van der Waals surface area contributed by atoms with Gasteiger partial charge in [0.15, 0.2) is 5.78 Å². The summed E-state index contributed by atoms with van der Waals surface area (Å²) in [4.78, 5) is 20.3. The molecule has 0 aliphatic heterocycles. The number of aliphatic imine (C=N–C) groups is 1. The average Bonchev–Trinajstić information content (AvgIpc) is 3.02. The highest BCUT2D eigenvalue weighted by Gasteiger charge is 2.27. The Hall–Kier alpha value is -3.21. The molecule has 0 saturated heterocycles. The Morgan fingerprint density at radius 1 is 1.17 bits per heavy atom. The molecule has 1 aliphatic carbocycles. The number of carbonyl (C=O) groups excluding carboxylic acids is 1. The molecule has 1 atom stereocenters. The molecule has 4 nitrogen and oxygen atoms in total. The van der Waals surface area contributed by atoms with Gasteiger partial charge in [-0.2, -0.15) is 0 Å². The van der Waals surface area contributed by atoms with E-state index in [0.29, 0.717) is 25.0 Å². The third-order valence-electron chi connectivity index (χ3n) is 5.56. The quantitative estimate of drug-likeness (QED) is 0.589. The van der Waals surface area contributed by atoms with Crippen molar-refractivity contribution in [2.75, 3.05) is 6.54 Å². The van der Waals surface area contributed by atoms with Crippen molar-refractivity contribution in [1.82, 2.24) is 4.98 Å². The number of hydrogen-bond donors (Lipinski definition) is 2. The smallest absolute Gasteiger partial charge is 0.168 e. The van der Waals surface area contributed by atoms with Crippen LogP contribution in [0.5, 0.6) is 0 Å². The number of aryl methyl sites for hydroxylation is 1. The maximum absolute atomic E-state index is 13.1. The Morgan fingerprint density at radius 2 is 1.93 bits per heavy atom. The Kier molecular flexibility index (Phi) is 5.30. The summed E-state index contributed by atoms with van der Waals surface area (Å²) >= 11 is 0. The molecule has 3 aromatic rings. The second-order valence-corrected chi connectivity index (χ2v) is 7.50. The first-order valence-corrected chi connectivity index (χ1v) is 9.79. The summed E-state index contributed by atoms with van der Waals surface area (Å²) < 4.78 is 13.1. The number of aliphatic hydroxyl groups excluding tert-OH is 1. The molecule has 4 rings (SSSR count). The Morgan fingerprint density at radius 3 is 2.69 bits per heavy atom. The van der Waals surface area contributed by atoms with Crippen LogP contribution in [0.4, 0.5) is 4.39 Å². The number of nitrogens with one attached hydrogen (secondary N) is 1. The molecule has 1 aliphatic rings. The highest BCUT2D eigenvalue weighted by molar-refractivity contribution is 6.14. The van der Waals surface area contributed by atoms with Crippen molar-refractivity contribution in [1.29, 1.82) is 0 Å². The van der Waals surface area contributed by atoms with Crippen molar-refractivity contribution in [3.05, 3.63) is 82.5 Å². The summed E-state index contributed by atoms with van der Waals surface area (Å²) in [7, 11) is 0. The van der Waals surface area contributed by atoms with Gasteiger partial charge in [-0.25, -0.2) is 4.39 Å². The van der Waals surface area contributed by atoms with Crippen molar-refractivity contribution in [3.63, 3.8) is 0 Å². The predicted molar refractivity (Wildman–Crippen MR) is 113 cm³/mol. The predicted octanol–water partition coefficient (Wildman–Crippen LogP) is 5.19. The zero-order chi connectivity index (χ0) is 20.4. The second-order valence-electron chi connectivity index (χ2n) is 7.50. The van der Waals surface area contributed by atoms with Gasteiger partial charge in [0.2, 0.25) is 0 Å². The number of H-pyrrole nitrogens is 1. The van der Waals surface area contributed by atoms with Crippen LogP contribution >= 0.6 is 0 Å². The first-order chi connectivity index (χ1) is 14.0. The zero-order valence-corrected chi connectivity index (χ0v) is 16.3. The van der Waals surface area contributed by atoms with E-state index in [0.717, 1.165) is 23.2 Å². The highest BCUT2D eigenvalue weighted by Crippen LogP contribution is 2.33. The van der Waals surface area contributed by atoms with Gasteiger partial charge in [-0.05, 0) is 48.6 Å². The van der Waals surface area contributed by atoms with Crippen LogP contribution in [0.1, 0.15) is 35.6 Å². The van der Waals surface area contributed by atoms with Crippen LogP contribution in [0.3, 0.4) is 0 Å². The number of aliphatic hydroxyl groups is 1. The third kappa shape index (κ3) is 3.99. The number of allylic oxidation sites excluding steroid dienone is 2. The van der Waals surface area contributed by atoms with E-state index in [1.807, 2.05) is 19.1 Å². The number of para-hydroxylation sites is 1. The molecule has 29 heavy (non-hydrogen) atoms. The number of halogens is 1. The fourth-order valence-corrected chi connectivity index (χ4v) is 4.02. The summed E-state index contributed by atoms with van der Waals surface area (Å²) in [6, 6.07) is 14.3. The van der Waals surface area contributed by atoms with E-state index in [1.165, 1.54) is 29.3 Å². The molecule has 5 heteroatoms. The third-order valence-corrected chi connectivity index (χ3v) is 5.56. The molecule has 1 unspecified atom stereocenters. The van der Waals surface area contributed by atoms with Gasteiger partial charge in [0.25, 0.3) is 0 Å². The van der Waals surface area contributed by atoms with E-state index in [4.69, 9.17) is 0 Å². The number of aromatic amines is 1. The summed E-state index contributed by atoms with van der Waals surface area (Å²) in [5, 5.41) is 11.6. The number of rotatable bonds is 5. The van der Waals surface area contributed by atoms with E-state index in [9.17, 15) is 14.3 Å². The highest BCUT2D eigenvalue weighted by atomic mass is 19.1. The molecule has 1 heterocycles. The lowest BCUT2D eigenvalue weighted by Gasteiger charge is -2.22. The molecule has 0 fully saturated rings. The van der Waals surface area contributed by atoms with Crippen LogP contribution in [-0.4, -0.2) is 28.6 Å². The van der Waals surface area contributed by atoms with Gasteiger partial charge in [-0.3, -0.25) is 9.79 Å². The minimum atomic E-state index is -0.311. The summed E-state index contributed by atoms with van der Waals surface area (Å²) in [6.07, 6.45) is 2.91. The van der Waals surface area contributed by atoms with Crippen LogP contribution in [0.2, 0.25) is 0 Å². The van der Waals surface area contributed by atoms with Gasteiger partial charge in [-0.15, -0.1) is 0 Å². The molecule has 2 aromatic carbocycles. The SMILES string of the molecule is Cc1[nH]c2ccccc2c1CCN=CC1=C(O)CC(c2ccc(F)cc2)CC1=O. The monoisotopic (exact) mass is 390 g/mol. The number of Topliss-reactive ketones (excluding diaryl/α,β-unsaturated/α-hetero) is 1. The van der Waals surface area contributed by atoms with Crippen LogP contribution in [0, 0.1) is 12.7 Å². The van der Waals surface area contributed by atoms with Crippen molar-refractivity contribution in [2.45, 2.75) is 32.1 Å². The van der Waals surface area contributed by atoms with Gasteiger partial charge < -0.3 is 10.1 Å². The summed E-state index contributed by atoms with van der Waals surface area (Å²) in [5.41, 5.74) is 4.61. The molecular formula is C24H23FN2O2. The van der Waals surface area contributed by atoms with Crippen LogP contribution in [0.25, 0.3) is 10.9 Å². The lowest BCUT2D eigenvalue weighted by atomic mass is 9.83. The molecule has 0 radical (unpaired) electrons. The normalized spacial score (nSPS) is 17.6. The molecule has 0 saturated carbocycles. The van der Waals surface area contributed by atoms with E-state index in [-0.39, 0.29) is 23.3 Å². The summed E-state index contributed by atoms with van der Waals surface area (Å²) in [5.74, 6) is -0.513. The lowest BCUT2D eigenvalue weighted by Crippen LogP contribution is -2.19. The van der Waals surface area contributed by atoms with Crippen molar-refractivity contribution < 1.29 is 14.3 Å². The maximum atomic E-state index is 13.1. The number of benzene rings is 2. The number of hydrogen-bond acceptors (Lipinski definition) is 3. The molecule has 0 amide bonds. The molecule has 0 spiro atoms. The first-order valence-electron chi connectivity index (χ1n) is 9.79. The molecular weight excluding hydrogens is 367 g/mol. The molecule has 148 valence electrons. The van der Waals surface area contributed by atoms with Crippen molar-refractivity contribution >= 4 is 22.9 Å². The fourth-order valence-electron chi connectivity index (χ4n) is 4.02.